The van der Waals surface area contributed by atoms with Crippen molar-refractivity contribution in [3.05, 3.63) is 0 Å². The third-order valence-corrected chi connectivity index (χ3v) is 11.4. The van der Waals surface area contributed by atoms with E-state index >= 15 is 0 Å². The molecule has 0 bridgehead atoms. The predicted octanol–water partition coefficient (Wildman–Crippen LogP) is 7.72. The second-order valence-electron chi connectivity index (χ2n) is 15.6. The van der Waals surface area contributed by atoms with Crippen molar-refractivity contribution >= 4 is 19.8 Å². The van der Waals surface area contributed by atoms with Crippen LogP contribution >= 0.6 is 7.82 Å². The summed E-state index contributed by atoms with van der Waals surface area (Å²) in [6, 6.07) is 0. The number of aliphatic hydroxyl groups excluding tert-OH is 5. The highest BCUT2D eigenvalue weighted by Crippen LogP contribution is 2.47. The van der Waals surface area contributed by atoms with E-state index in [1.54, 1.807) is 0 Å². The van der Waals surface area contributed by atoms with Gasteiger partial charge in [0, 0.05) is 12.8 Å². The molecular formula is C41H79O13P. The smallest absolute Gasteiger partial charge is 0.462 e. The number of rotatable bonds is 36. The third kappa shape index (κ3) is 25.7. The number of hydrogen-bond acceptors (Lipinski definition) is 12. The van der Waals surface area contributed by atoms with Gasteiger partial charge in [0.25, 0.3) is 0 Å². The van der Waals surface area contributed by atoms with Crippen molar-refractivity contribution < 1.29 is 63.1 Å². The average molecular weight is 811 g/mol. The fourth-order valence-electron chi connectivity index (χ4n) is 6.88. The van der Waals surface area contributed by atoms with Crippen LogP contribution in [0.15, 0.2) is 0 Å². The molecule has 1 rings (SSSR count). The zero-order valence-corrected chi connectivity index (χ0v) is 35.1. The van der Waals surface area contributed by atoms with E-state index in [2.05, 4.69) is 13.8 Å². The Hall–Kier alpha value is -1.15. The monoisotopic (exact) mass is 811 g/mol. The van der Waals surface area contributed by atoms with E-state index in [1.807, 2.05) is 0 Å². The van der Waals surface area contributed by atoms with Crippen molar-refractivity contribution in [2.24, 2.45) is 0 Å². The molecule has 0 radical (unpaired) electrons. The van der Waals surface area contributed by atoms with E-state index in [1.165, 1.54) is 116 Å². The fourth-order valence-corrected chi connectivity index (χ4v) is 7.85. The molecule has 8 atom stereocenters. The maximum Gasteiger partial charge on any atom is 0.472 e. The van der Waals surface area contributed by atoms with Crippen LogP contribution in [0.3, 0.4) is 0 Å². The Bertz CT molecular complexity index is 985. The highest BCUT2D eigenvalue weighted by molar-refractivity contribution is 7.47. The van der Waals surface area contributed by atoms with Crippen molar-refractivity contribution in [2.75, 3.05) is 13.2 Å². The van der Waals surface area contributed by atoms with Crippen molar-refractivity contribution in [1.82, 2.24) is 0 Å². The number of phosphoric acid groups is 1. The lowest BCUT2D eigenvalue weighted by molar-refractivity contribution is -0.220. The predicted molar refractivity (Wildman–Crippen MR) is 212 cm³/mol. The van der Waals surface area contributed by atoms with Crippen LogP contribution in [-0.4, -0.2) is 98.3 Å². The number of aliphatic hydroxyl groups is 5. The SMILES string of the molecule is CCCCCCCCCCCCCCCCC(=O)OC[C@H](COP(=O)(O)OC1C(O)C(O)C(O)[C@@H](O)C1O)OC(=O)CCCCCCCCCCCCCC. The summed E-state index contributed by atoms with van der Waals surface area (Å²) in [5.74, 6) is -1.09. The van der Waals surface area contributed by atoms with Gasteiger partial charge in [0.05, 0.1) is 6.61 Å². The summed E-state index contributed by atoms with van der Waals surface area (Å²) in [7, 11) is -5.10. The first-order valence-electron chi connectivity index (χ1n) is 21.8. The summed E-state index contributed by atoms with van der Waals surface area (Å²) < 4.78 is 33.4. The molecule has 0 heterocycles. The number of hydrogen-bond donors (Lipinski definition) is 6. The number of phosphoric ester groups is 1. The first-order chi connectivity index (χ1) is 26.4. The molecule has 0 saturated heterocycles. The molecule has 6 N–H and O–H groups in total. The molecule has 0 amide bonds. The van der Waals surface area contributed by atoms with Gasteiger partial charge < -0.3 is 39.9 Å². The summed E-state index contributed by atoms with van der Waals surface area (Å²) in [5.41, 5.74) is 0. The molecule has 13 nitrogen and oxygen atoms in total. The van der Waals surface area contributed by atoms with Crippen LogP contribution in [0.2, 0.25) is 0 Å². The zero-order valence-electron chi connectivity index (χ0n) is 34.2. The van der Waals surface area contributed by atoms with Gasteiger partial charge in [-0.3, -0.25) is 18.6 Å². The lowest BCUT2D eigenvalue weighted by Crippen LogP contribution is -2.64. The van der Waals surface area contributed by atoms with Gasteiger partial charge in [-0.25, -0.2) is 4.57 Å². The molecule has 14 heteroatoms. The van der Waals surface area contributed by atoms with Crippen LogP contribution in [0, 0.1) is 0 Å². The average Bonchev–Trinajstić information content (AvgIpc) is 3.16. The second-order valence-corrected chi connectivity index (χ2v) is 17.0. The van der Waals surface area contributed by atoms with Gasteiger partial charge in [-0.05, 0) is 12.8 Å². The van der Waals surface area contributed by atoms with Gasteiger partial charge in [-0.2, -0.15) is 0 Å². The molecule has 1 fully saturated rings. The van der Waals surface area contributed by atoms with Crippen molar-refractivity contribution in [1.29, 1.82) is 0 Å². The molecule has 1 saturated carbocycles. The minimum Gasteiger partial charge on any atom is -0.462 e. The van der Waals surface area contributed by atoms with Crippen molar-refractivity contribution in [2.45, 2.75) is 236 Å². The molecule has 1 aliphatic carbocycles. The molecule has 6 unspecified atom stereocenters. The second kappa shape index (κ2) is 32.8. The Morgan fingerprint density at radius 1 is 0.491 bits per heavy atom. The zero-order chi connectivity index (χ0) is 40.7. The van der Waals surface area contributed by atoms with Crippen molar-refractivity contribution in [3.63, 3.8) is 0 Å². The number of carbonyl (C=O) groups excluding carboxylic acids is 2. The van der Waals surface area contributed by atoms with E-state index in [4.69, 9.17) is 18.5 Å². The standard InChI is InChI=1S/C41H79O13P/c1-3-5-7-9-11-13-15-17-18-20-21-23-25-27-29-34(42)51-31-33(53-35(43)30-28-26-24-22-19-16-14-12-10-8-6-4-2)32-52-55(49,50)54-41-39(47)37(45)36(44)38(46)40(41)48/h33,36-41,44-48H,3-32H2,1-2H3,(H,49,50)/t33-,36?,37-,38?,39?,40?,41?/m1/s1. The number of esters is 2. The highest BCUT2D eigenvalue weighted by atomic mass is 31.2. The Kier molecular flexibility index (Phi) is 30.9. The Morgan fingerprint density at radius 3 is 1.20 bits per heavy atom. The largest absolute Gasteiger partial charge is 0.472 e. The summed E-state index contributed by atoms with van der Waals surface area (Å²) >= 11 is 0. The van der Waals surface area contributed by atoms with E-state index in [0.717, 1.165) is 38.5 Å². The van der Waals surface area contributed by atoms with Gasteiger partial charge in [0.1, 0.15) is 43.2 Å². The van der Waals surface area contributed by atoms with Gasteiger partial charge >= 0.3 is 19.8 Å². The molecule has 0 aromatic carbocycles. The lowest BCUT2D eigenvalue weighted by Gasteiger charge is -2.41. The summed E-state index contributed by atoms with van der Waals surface area (Å²) in [6.45, 7) is 3.29. The van der Waals surface area contributed by atoms with Gasteiger partial charge in [-0.15, -0.1) is 0 Å². The molecule has 0 aromatic heterocycles. The normalized spacial score (nSPS) is 23.0. The molecule has 55 heavy (non-hydrogen) atoms. The van der Waals surface area contributed by atoms with Crippen LogP contribution in [0.4, 0.5) is 0 Å². The number of ether oxygens (including phenoxy) is 2. The van der Waals surface area contributed by atoms with E-state index in [0.29, 0.717) is 12.8 Å². The van der Waals surface area contributed by atoms with Crippen LogP contribution in [0.1, 0.15) is 194 Å². The molecule has 1 aliphatic rings. The minimum atomic E-state index is -5.10. The van der Waals surface area contributed by atoms with Gasteiger partial charge in [0.2, 0.25) is 0 Å². The fraction of sp³-hybridized carbons (Fsp3) is 0.951. The molecule has 0 aliphatic heterocycles. The lowest BCUT2D eigenvalue weighted by atomic mass is 9.85. The van der Waals surface area contributed by atoms with Crippen LogP contribution in [0.5, 0.6) is 0 Å². The van der Waals surface area contributed by atoms with Gasteiger partial charge in [-0.1, -0.05) is 168 Å². The first-order valence-corrected chi connectivity index (χ1v) is 23.3. The Labute approximate surface area is 331 Å². The minimum absolute atomic E-state index is 0.104. The third-order valence-electron chi connectivity index (χ3n) is 10.4. The van der Waals surface area contributed by atoms with E-state index < -0.39 is 75.7 Å². The van der Waals surface area contributed by atoms with Crippen molar-refractivity contribution in [3.8, 4) is 0 Å². The van der Waals surface area contributed by atoms with Gasteiger partial charge in [0.15, 0.2) is 6.10 Å². The van der Waals surface area contributed by atoms with E-state index in [-0.39, 0.29) is 12.8 Å². The maximum absolute atomic E-state index is 12.8. The number of unbranched alkanes of at least 4 members (excludes halogenated alkanes) is 24. The Balaban J connectivity index is 2.47. The molecule has 0 aromatic rings. The van der Waals surface area contributed by atoms with Crippen LogP contribution in [0.25, 0.3) is 0 Å². The van der Waals surface area contributed by atoms with E-state index in [9.17, 15) is 44.6 Å². The molecule has 0 spiro atoms. The molecule has 326 valence electrons. The summed E-state index contributed by atoms with van der Waals surface area (Å²) in [5, 5.41) is 50.0. The summed E-state index contributed by atoms with van der Waals surface area (Å²) in [6.07, 6.45) is 17.4. The van der Waals surface area contributed by atoms with Crippen LogP contribution < -0.4 is 0 Å². The topological polar surface area (TPSA) is 210 Å². The highest BCUT2D eigenvalue weighted by Gasteiger charge is 2.51. The molecular weight excluding hydrogens is 731 g/mol. The maximum atomic E-state index is 12.8. The summed E-state index contributed by atoms with van der Waals surface area (Å²) in [4.78, 5) is 35.6. The quantitative estimate of drug-likeness (QED) is 0.0204. The first kappa shape index (κ1) is 51.9. The van der Waals surface area contributed by atoms with Crippen LogP contribution in [-0.2, 0) is 32.7 Å². The number of carbonyl (C=O) groups is 2. The Morgan fingerprint density at radius 2 is 0.818 bits per heavy atom.